The van der Waals surface area contributed by atoms with Crippen molar-refractivity contribution in [2.24, 2.45) is 0 Å². The first kappa shape index (κ1) is 13.9. The first-order valence-corrected chi connectivity index (χ1v) is 5.58. The van der Waals surface area contributed by atoms with E-state index >= 15 is 0 Å². The topological polar surface area (TPSA) is 67.2 Å². The molecule has 0 atom stereocenters. The summed E-state index contributed by atoms with van der Waals surface area (Å²) in [4.78, 5) is 11.5. The minimum Gasteiger partial charge on any atom is -0.374 e. The van der Waals surface area contributed by atoms with Gasteiger partial charge in [0.05, 0.1) is 12.2 Å². The fourth-order valence-corrected chi connectivity index (χ4v) is 1.45. The molecule has 8 heteroatoms. The number of halogens is 3. The minimum atomic E-state index is -1.59. The average molecular weight is 285 g/mol. The molecule has 106 valence electrons. The number of nitrogens with zero attached hydrogens (tertiary/aromatic N) is 1. The van der Waals surface area contributed by atoms with Crippen molar-refractivity contribution in [3.8, 4) is 0 Å². The van der Waals surface area contributed by atoms with Gasteiger partial charge in [-0.2, -0.15) is 0 Å². The number of carbonyl (C=O) groups is 1. The first-order valence-electron chi connectivity index (χ1n) is 5.58. The Hall–Kier alpha value is -2.51. The average Bonchev–Trinajstić information content (AvgIpc) is 2.80. The second-order valence-electron chi connectivity index (χ2n) is 3.95. The summed E-state index contributed by atoms with van der Waals surface area (Å²) in [5, 5.41) is 8.27. The molecule has 0 radical (unpaired) electrons. The molecule has 2 rings (SSSR count). The summed E-state index contributed by atoms with van der Waals surface area (Å²) in [6.07, 6.45) is 0. The van der Waals surface area contributed by atoms with Gasteiger partial charge in [0, 0.05) is 6.07 Å². The van der Waals surface area contributed by atoms with Crippen LogP contribution in [0.25, 0.3) is 0 Å². The molecule has 2 N–H and O–H groups in total. The zero-order valence-electron chi connectivity index (χ0n) is 10.3. The van der Waals surface area contributed by atoms with Gasteiger partial charge in [-0.15, -0.1) is 0 Å². The number of carbonyl (C=O) groups excluding carboxylic acids is 1. The van der Waals surface area contributed by atoms with E-state index in [1.165, 1.54) is 6.07 Å². The van der Waals surface area contributed by atoms with E-state index < -0.39 is 23.4 Å². The van der Waals surface area contributed by atoms with Crippen molar-refractivity contribution in [1.82, 2.24) is 5.16 Å². The Labute approximate surface area is 111 Å². The highest BCUT2D eigenvalue weighted by Gasteiger charge is 2.14. The predicted molar refractivity (Wildman–Crippen MR) is 64.7 cm³/mol. The van der Waals surface area contributed by atoms with Crippen molar-refractivity contribution in [2.45, 2.75) is 6.92 Å². The molecule has 2 aromatic rings. The summed E-state index contributed by atoms with van der Waals surface area (Å²) >= 11 is 0. The third kappa shape index (κ3) is 3.08. The van der Waals surface area contributed by atoms with E-state index in [1.807, 2.05) is 0 Å². The summed E-state index contributed by atoms with van der Waals surface area (Å²) in [6, 6.07) is 3.26. The molecule has 5 nitrogen and oxygen atoms in total. The summed E-state index contributed by atoms with van der Waals surface area (Å²) < 4.78 is 43.7. The van der Waals surface area contributed by atoms with Gasteiger partial charge >= 0.3 is 0 Å². The molecule has 0 spiro atoms. The molecular weight excluding hydrogens is 275 g/mol. The van der Waals surface area contributed by atoms with E-state index in [-0.39, 0.29) is 18.1 Å². The number of rotatable bonds is 4. The number of benzene rings is 1. The van der Waals surface area contributed by atoms with Crippen molar-refractivity contribution in [1.29, 1.82) is 0 Å². The number of amides is 1. The molecule has 1 aromatic carbocycles. The summed E-state index contributed by atoms with van der Waals surface area (Å²) in [7, 11) is 0. The zero-order valence-corrected chi connectivity index (χ0v) is 10.3. The maximum absolute atomic E-state index is 13.3. The lowest BCUT2D eigenvalue weighted by Crippen LogP contribution is -2.22. The van der Waals surface area contributed by atoms with Crippen LogP contribution in [-0.2, 0) is 4.79 Å². The highest BCUT2D eigenvalue weighted by molar-refractivity contribution is 5.92. The third-order valence-electron chi connectivity index (χ3n) is 2.37. The molecule has 0 unspecified atom stereocenters. The number of nitrogens with one attached hydrogen (secondary N) is 2. The molecule has 0 saturated carbocycles. The fourth-order valence-electron chi connectivity index (χ4n) is 1.45. The quantitative estimate of drug-likeness (QED) is 0.847. The van der Waals surface area contributed by atoms with E-state index in [0.29, 0.717) is 5.76 Å². The van der Waals surface area contributed by atoms with Gasteiger partial charge in [0.15, 0.2) is 23.3 Å². The van der Waals surface area contributed by atoms with Crippen LogP contribution in [0.15, 0.2) is 22.7 Å². The van der Waals surface area contributed by atoms with Crippen LogP contribution < -0.4 is 10.6 Å². The van der Waals surface area contributed by atoms with Gasteiger partial charge in [-0.05, 0) is 19.1 Å². The van der Waals surface area contributed by atoms with Crippen molar-refractivity contribution >= 4 is 17.4 Å². The smallest absolute Gasteiger partial charge is 0.244 e. The lowest BCUT2D eigenvalue weighted by molar-refractivity contribution is -0.114. The Balaban J connectivity index is 1.95. The monoisotopic (exact) mass is 285 g/mol. The fraction of sp³-hybridized carbons (Fsp3) is 0.167. The molecule has 0 aliphatic rings. The number of hydrogen-bond donors (Lipinski definition) is 2. The Morgan fingerprint density at radius 2 is 2.05 bits per heavy atom. The predicted octanol–water partition coefficient (Wildman–Crippen LogP) is 2.45. The number of anilines is 2. The maximum Gasteiger partial charge on any atom is 0.244 e. The molecule has 0 aliphatic heterocycles. The Kier molecular flexibility index (Phi) is 3.92. The van der Waals surface area contributed by atoms with Crippen LogP contribution in [-0.4, -0.2) is 17.6 Å². The van der Waals surface area contributed by atoms with Crippen LogP contribution in [0, 0.1) is 24.4 Å². The van der Waals surface area contributed by atoms with E-state index in [1.54, 1.807) is 6.92 Å². The molecule has 1 aromatic heterocycles. The van der Waals surface area contributed by atoms with Crippen LogP contribution in [0.4, 0.5) is 24.7 Å². The van der Waals surface area contributed by atoms with Gasteiger partial charge in [-0.3, -0.25) is 4.79 Å². The molecule has 1 heterocycles. The van der Waals surface area contributed by atoms with Crippen molar-refractivity contribution in [2.75, 3.05) is 17.2 Å². The Bertz CT molecular complexity index is 643. The van der Waals surface area contributed by atoms with Crippen LogP contribution in [0.2, 0.25) is 0 Å². The summed E-state index contributed by atoms with van der Waals surface area (Å²) in [5.41, 5.74) is -0.310. The SMILES string of the molecule is Cc1cc(NC(=O)CNc2ccc(F)c(F)c2F)no1. The van der Waals surface area contributed by atoms with Crippen LogP contribution in [0.3, 0.4) is 0 Å². The molecule has 0 saturated heterocycles. The van der Waals surface area contributed by atoms with Crippen LogP contribution in [0.1, 0.15) is 5.76 Å². The van der Waals surface area contributed by atoms with E-state index in [0.717, 1.165) is 12.1 Å². The number of aromatic nitrogens is 1. The summed E-state index contributed by atoms with van der Waals surface area (Å²) in [5.74, 6) is -4.09. The number of hydrogen-bond acceptors (Lipinski definition) is 4. The van der Waals surface area contributed by atoms with E-state index in [2.05, 4.69) is 15.8 Å². The molecule has 20 heavy (non-hydrogen) atoms. The van der Waals surface area contributed by atoms with Gasteiger partial charge in [0.2, 0.25) is 5.91 Å². The maximum atomic E-state index is 13.3. The highest BCUT2D eigenvalue weighted by Crippen LogP contribution is 2.19. The van der Waals surface area contributed by atoms with Gasteiger partial charge < -0.3 is 15.2 Å². The molecule has 0 bridgehead atoms. The molecule has 1 amide bonds. The number of aryl methyl sites for hydroxylation is 1. The highest BCUT2D eigenvalue weighted by atomic mass is 19.2. The van der Waals surface area contributed by atoms with Gasteiger partial charge in [0.25, 0.3) is 0 Å². The second-order valence-corrected chi connectivity index (χ2v) is 3.95. The lowest BCUT2D eigenvalue weighted by Gasteiger charge is -2.07. The van der Waals surface area contributed by atoms with Crippen LogP contribution >= 0.6 is 0 Å². The molecule has 0 fully saturated rings. The minimum absolute atomic E-state index is 0.208. The van der Waals surface area contributed by atoms with Gasteiger partial charge in [-0.25, -0.2) is 13.2 Å². The normalized spacial score (nSPS) is 10.4. The molecule has 0 aliphatic carbocycles. The Morgan fingerprint density at radius 3 is 2.70 bits per heavy atom. The van der Waals surface area contributed by atoms with Crippen molar-refractivity contribution in [3.05, 3.63) is 41.4 Å². The zero-order chi connectivity index (χ0) is 14.7. The van der Waals surface area contributed by atoms with E-state index in [9.17, 15) is 18.0 Å². The van der Waals surface area contributed by atoms with Crippen LogP contribution in [0.5, 0.6) is 0 Å². The van der Waals surface area contributed by atoms with Gasteiger partial charge in [-0.1, -0.05) is 5.16 Å². The van der Waals surface area contributed by atoms with Crippen molar-refractivity contribution < 1.29 is 22.5 Å². The summed E-state index contributed by atoms with van der Waals surface area (Å²) in [6.45, 7) is 1.31. The largest absolute Gasteiger partial charge is 0.374 e. The van der Waals surface area contributed by atoms with E-state index in [4.69, 9.17) is 4.52 Å². The first-order chi connectivity index (χ1) is 9.47. The Morgan fingerprint density at radius 1 is 1.30 bits per heavy atom. The second kappa shape index (κ2) is 5.64. The van der Waals surface area contributed by atoms with Crippen molar-refractivity contribution in [3.63, 3.8) is 0 Å². The van der Waals surface area contributed by atoms with Gasteiger partial charge in [0.1, 0.15) is 5.76 Å². The third-order valence-corrected chi connectivity index (χ3v) is 2.37. The molecular formula is C12H10F3N3O2. The standard InChI is InChI=1S/C12H10F3N3O2/c1-6-4-9(18-20-6)17-10(19)5-16-8-3-2-7(13)11(14)12(8)15/h2-4,16H,5H2,1H3,(H,17,18,19). The lowest BCUT2D eigenvalue weighted by atomic mass is 10.3.